The molecule has 1 aromatic carbocycles. The minimum Gasteiger partial charge on any atom is -0.493 e. The fourth-order valence-corrected chi connectivity index (χ4v) is 2.04. The van der Waals surface area contributed by atoms with E-state index in [-0.39, 0.29) is 12.1 Å². The van der Waals surface area contributed by atoms with Gasteiger partial charge >= 0.3 is 0 Å². The van der Waals surface area contributed by atoms with Crippen LogP contribution in [-0.2, 0) is 0 Å². The van der Waals surface area contributed by atoms with Gasteiger partial charge in [0.25, 0.3) is 0 Å². The Morgan fingerprint density at radius 2 is 1.85 bits per heavy atom. The van der Waals surface area contributed by atoms with E-state index in [1.54, 1.807) is 14.2 Å². The smallest absolute Gasteiger partial charge is 0.161 e. The van der Waals surface area contributed by atoms with E-state index in [2.05, 4.69) is 12.2 Å². The summed E-state index contributed by atoms with van der Waals surface area (Å²) in [5, 5.41) is 13.2. The number of methoxy groups -OCH3 is 2. The summed E-state index contributed by atoms with van der Waals surface area (Å²) in [6.07, 6.45) is -0.382. The number of aliphatic hydroxyl groups is 1. The number of nitrogens with one attached hydrogen (secondary N) is 1. The maximum Gasteiger partial charge on any atom is 0.161 e. The van der Waals surface area contributed by atoms with E-state index in [9.17, 15) is 5.11 Å². The highest BCUT2D eigenvalue weighted by atomic mass is 16.5. The van der Waals surface area contributed by atoms with Crippen molar-refractivity contribution in [3.05, 3.63) is 23.8 Å². The van der Waals surface area contributed by atoms with E-state index in [0.717, 1.165) is 11.3 Å². The summed E-state index contributed by atoms with van der Waals surface area (Å²) < 4.78 is 10.5. The van der Waals surface area contributed by atoms with Crippen molar-refractivity contribution in [2.45, 2.75) is 19.1 Å². The predicted molar refractivity (Wildman–Crippen MR) is 80.5 cm³/mol. The van der Waals surface area contributed by atoms with Crippen molar-refractivity contribution in [1.82, 2.24) is 10.2 Å². The molecule has 5 nitrogen and oxygen atoms in total. The molecule has 0 saturated heterocycles. The molecule has 0 aliphatic carbocycles. The first-order valence-electron chi connectivity index (χ1n) is 6.76. The van der Waals surface area contributed by atoms with Crippen molar-refractivity contribution in [2.24, 2.45) is 0 Å². The maximum atomic E-state index is 9.85. The summed E-state index contributed by atoms with van der Waals surface area (Å²) in [7, 11) is 7.14. The number of ether oxygens (including phenoxy) is 2. The van der Waals surface area contributed by atoms with E-state index in [0.29, 0.717) is 18.8 Å². The highest BCUT2D eigenvalue weighted by Gasteiger charge is 2.12. The van der Waals surface area contributed by atoms with Gasteiger partial charge in [-0.05, 0) is 38.7 Å². The number of likely N-dealkylation sites (N-methyl/N-ethyl adjacent to an activating group) is 1. The molecular formula is C15H26N2O3. The number of nitrogens with zero attached hydrogens (tertiary/aromatic N) is 1. The number of benzene rings is 1. The molecule has 2 N–H and O–H groups in total. The highest BCUT2D eigenvalue weighted by molar-refractivity contribution is 5.43. The van der Waals surface area contributed by atoms with Gasteiger partial charge in [0.05, 0.1) is 20.3 Å². The monoisotopic (exact) mass is 282 g/mol. The zero-order chi connectivity index (χ0) is 15.1. The second-order valence-corrected chi connectivity index (χ2v) is 5.16. The molecule has 114 valence electrons. The third-order valence-corrected chi connectivity index (χ3v) is 3.14. The first-order chi connectivity index (χ1) is 9.47. The van der Waals surface area contributed by atoms with Gasteiger partial charge in [0.15, 0.2) is 11.5 Å². The minimum absolute atomic E-state index is 0.131. The molecule has 5 heteroatoms. The number of hydrogen-bond acceptors (Lipinski definition) is 5. The van der Waals surface area contributed by atoms with Crippen molar-refractivity contribution in [3.63, 3.8) is 0 Å². The lowest BCUT2D eigenvalue weighted by Crippen LogP contribution is -2.36. The Morgan fingerprint density at radius 1 is 1.20 bits per heavy atom. The normalized spacial score (nSPS) is 14.2. The minimum atomic E-state index is -0.382. The molecule has 0 aromatic heterocycles. The van der Waals surface area contributed by atoms with Crippen molar-refractivity contribution in [2.75, 3.05) is 41.4 Å². The topological polar surface area (TPSA) is 54.0 Å². The van der Waals surface area contributed by atoms with E-state index >= 15 is 0 Å². The standard InChI is InChI=1S/C15H26N2O3/c1-11(16-9-13(18)10-17(2)3)12-6-7-14(19-4)15(8-12)20-5/h6-8,11,13,16,18H,9-10H2,1-5H3. The van der Waals surface area contributed by atoms with Gasteiger partial charge in [0.2, 0.25) is 0 Å². The lowest BCUT2D eigenvalue weighted by molar-refractivity contribution is 0.132. The molecule has 0 bridgehead atoms. The molecule has 0 saturated carbocycles. The van der Waals surface area contributed by atoms with Crippen LogP contribution in [0.25, 0.3) is 0 Å². The molecule has 1 aromatic rings. The first-order valence-corrected chi connectivity index (χ1v) is 6.76. The van der Waals surface area contributed by atoms with E-state index in [4.69, 9.17) is 9.47 Å². The largest absolute Gasteiger partial charge is 0.493 e. The van der Waals surface area contributed by atoms with Crippen molar-refractivity contribution < 1.29 is 14.6 Å². The third kappa shape index (κ3) is 5.00. The Hall–Kier alpha value is -1.30. The van der Waals surface area contributed by atoms with Crippen LogP contribution >= 0.6 is 0 Å². The zero-order valence-electron chi connectivity index (χ0n) is 13.0. The molecule has 1 rings (SSSR count). The van der Waals surface area contributed by atoms with Crippen LogP contribution < -0.4 is 14.8 Å². The molecule has 0 aliphatic rings. The van der Waals surface area contributed by atoms with Gasteiger partial charge in [-0.1, -0.05) is 6.07 Å². The number of rotatable bonds is 8. The van der Waals surface area contributed by atoms with Crippen LogP contribution in [0.15, 0.2) is 18.2 Å². The van der Waals surface area contributed by atoms with Gasteiger partial charge in [-0.2, -0.15) is 0 Å². The molecule has 0 spiro atoms. The molecule has 0 heterocycles. The predicted octanol–water partition coefficient (Wildman–Crippen LogP) is 1.28. The van der Waals surface area contributed by atoms with Crippen LogP contribution in [0.3, 0.4) is 0 Å². The molecule has 20 heavy (non-hydrogen) atoms. The molecule has 0 amide bonds. The lowest BCUT2D eigenvalue weighted by atomic mass is 10.1. The van der Waals surface area contributed by atoms with Gasteiger partial charge in [0, 0.05) is 19.1 Å². The van der Waals surface area contributed by atoms with Crippen molar-refractivity contribution in [1.29, 1.82) is 0 Å². The second-order valence-electron chi connectivity index (χ2n) is 5.16. The van der Waals surface area contributed by atoms with E-state index in [1.807, 2.05) is 37.2 Å². The average Bonchev–Trinajstić information content (AvgIpc) is 2.43. The quantitative estimate of drug-likeness (QED) is 0.752. The van der Waals surface area contributed by atoms with E-state index in [1.165, 1.54) is 0 Å². The zero-order valence-corrected chi connectivity index (χ0v) is 13.0. The van der Waals surface area contributed by atoms with Crippen LogP contribution in [-0.4, -0.2) is 57.5 Å². The second kappa shape index (κ2) is 8.09. The fourth-order valence-electron chi connectivity index (χ4n) is 2.04. The van der Waals surface area contributed by atoms with Gasteiger partial charge in [-0.25, -0.2) is 0 Å². The molecule has 0 radical (unpaired) electrons. The summed E-state index contributed by atoms with van der Waals surface area (Å²) in [5.74, 6) is 1.43. The van der Waals surface area contributed by atoms with Gasteiger partial charge in [-0.15, -0.1) is 0 Å². The first kappa shape index (κ1) is 16.8. The van der Waals surface area contributed by atoms with Gasteiger partial charge in [-0.3, -0.25) is 0 Å². The summed E-state index contributed by atoms with van der Waals surface area (Å²) in [6.45, 7) is 3.25. The summed E-state index contributed by atoms with van der Waals surface area (Å²) in [6, 6.07) is 5.97. The Labute approximate surface area is 121 Å². The SMILES string of the molecule is COc1ccc(C(C)NCC(O)CN(C)C)cc1OC. The highest BCUT2D eigenvalue weighted by Crippen LogP contribution is 2.29. The van der Waals surface area contributed by atoms with Crippen LogP contribution in [0.1, 0.15) is 18.5 Å². The fraction of sp³-hybridized carbons (Fsp3) is 0.600. The Bertz CT molecular complexity index is 410. The van der Waals surface area contributed by atoms with Crippen LogP contribution in [0.5, 0.6) is 11.5 Å². The van der Waals surface area contributed by atoms with Crippen molar-refractivity contribution in [3.8, 4) is 11.5 Å². The summed E-state index contributed by atoms with van der Waals surface area (Å²) in [5.41, 5.74) is 1.10. The maximum absolute atomic E-state index is 9.85. The number of hydrogen-bond donors (Lipinski definition) is 2. The van der Waals surface area contributed by atoms with Crippen LogP contribution in [0.4, 0.5) is 0 Å². The molecule has 2 unspecified atom stereocenters. The Kier molecular flexibility index (Phi) is 6.78. The molecule has 0 fully saturated rings. The van der Waals surface area contributed by atoms with Gasteiger partial charge < -0.3 is 24.8 Å². The molecule has 0 aliphatic heterocycles. The van der Waals surface area contributed by atoms with Crippen LogP contribution in [0, 0.1) is 0 Å². The summed E-state index contributed by atoms with van der Waals surface area (Å²) in [4.78, 5) is 1.97. The number of aliphatic hydroxyl groups excluding tert-OH is 1. The van der Waals surface area contributed by atoms with Crippen LogP contribution in [0.2, 0.25) is 0 Å². The van der Waals surface area contributed by atoms with E-state index < -0.39 is 0 Å². The average molecular weight is 282 g/mol. The Morgan fingerprint density at radius 3 is 2.40 bits per heavy atom. The Balaban J connectivity index is 2.61. The van der Waals surface area contributed by atoms with Gasteiger partial charge in [0.1, 0.15) is 0 Å². The third-order valence-electron chi connectivity index (χ3n) is 3.14. The lowest BCUT2D eigenvalue weighted by Gasteiger charge is -2.20. The molecular weight excluding hydrogens is 256 g/mol. The molecule has 2 atom stereocenters. The summed E-state index contributed by atoms with van der Waals surface area (Å²) >= 11 is 0. The van der Waals surface area contributed by atoms with Crippen molar-refractivity contribution >= 4 is 0 Å².